The van der Waals surface area contributed by atoms with Crippen molar-refractivity contribution in [1.82, 2.24) is 10.2 Å². The summed E-state index contributed by atoms with van der Waals surface area (Å²) >= 11 is 0. The summed E-state index contributed by atoms with van der Waals surface area (Å²) in [5.41, 5.74) is 3.91. The Bertz CT molecular complexity index is 460. The predicted molar refractivity (Wildman–Crippen MR) is 55.2 cm³/mol. The molecule has 0 spiro atoms. The van der Waals surface area contributed by atoms with Gasteiger partial charge in [0.25, 0.3) is 0 Å². The molecule has 2 N–H and O–H groups in total. The van der Waals surface area contributed by atoms with Gasteiger partial charge in [-0.3, -0.25) is 5.10 Å². The number of hydrogen-bond acceptors (Lipinski definition) is 2. The molecule has 0 aliphatic heterocycles. The van der Waals surface area contributed by atoms with E-state index < -0.39 is 0 Å². The van der Waals surface area contributed by atoms with E-state index in [9.17, 15) is 5.11 Å². The fourth-order valence-electron chi connectivity index (χ4n) is 1.42. The Morgan fingerprint density at radius 2 is 2.07 bits per heavy atom. The minimum atomic E-state index is 0.322. The minimum Gasteiger partial charge on any atom is -0.508 e. The number of H-pyrrole nitrogens is 1. The van der Waals surface area contributed by atoms with Gasteiger partial charge in [-0.1, -0.05) is 12.1 Å². The van der Waals surface area contributed by atoms with E-state index in [0.29, 0.717) is 5.75 Å². The highest BCUT2D eigenvalue weighted by Gasteiger charge is 2.05. The maximum absolute atomic E-state index is 9.56. The molecule has 2 rings (SSSR count). The summed E-state index contributed by atoms with van der Waals surface area (Å²) in [5, 5.41) is 16.4. The first-order valence-electron chi connectivity index (χ1n) is 4.48. The number of benzene rings is 1. The van der Waals surface area contributed by atoms with Crippen LogP contribution in [0.5, 0.6) is 5.75 Å². The van der Waals surface area contributed by atoms with E-state index in [-0.39, 0.29) is 0 Å². The van der Waals surface area contributed by atoms with E-state index in [2.05, 4.69) is 10.2 Å². The largest absolute Gasteiger partial charge is 0.508 e. The molecule has 14 heavy (non-hydrogen) atoms. The van der Waals surface area contributed by atoms with Crippen LogP contribution in [0.25, 0.3) is 11.1 Å². The van der Waals surface area contributed by atoms with Crippen LogP contribution in [0.3, 0.4) is 0 Å². The molecule has 0 fully saturated rings. The van der Waals surface area contributed by atoms with Crippen molar-refractivity contribution < 1.29 is 5.11 Å². The van der Waals surface area contributed by atoms with Gasteiger partial charge in [-0.05, 0) is 31.0 Å². The molecule has 0 aliphatic carbocycles. The molecule has 3 nitrogen and oxygen atoms in total. The zero-order valence-electron chi connectivity index (χ0n) is 8.20. The number of hydrogen-bond donors (Lipinski definition) is 2. The van der Waals surface area contributed by atoms with Crippen LogP contribution in [0.2, 0.25) is 0 Å². The monoisotopic (exact) mass is 188 g/mol. The predicted octanol–water partition coefficient (Wildman–Crippen LogP) is 2.40. The normalized spacial score (nSPS) is 10.4. The van der Waals surface area contributed by atoms with Crippen molar-refractivity contribution in [2.75, 3.05) is 0 Å². The third-order valence-electron chi connectivity index (χ3n) is 2.35. The molecule has 0 bridgehead atoms. The lowest BCUT2D eigenvalue weighted by molar-refractivity contribution is 0.471. The average molecular weight is 188 g/mol. The molecule has 72 valence electrons. The van der Waals surface area contributed by atoms with Crippen molar-refractivity contribution in [3.05, 3.63) is 35.7 Å². The number of aromatic nitrogens is 2. The molecule has 1 aromatic carbocycles. The van der Waals surface area contributed by atoms with Crippen molar-refractivity contribution in [1.29, 1.82) is 0 Å². The second-order valence-electron chi connectivity index (χ2n) is 3.41. The lowest BCUT2D eigenvalue weighted by Gasteiger charge is -2.02. The van der Waals surface area contributed by atoms with E-state index in [1.54, 1.807) is 12.3 Å². The average Bonchev–Trinajstić information content (AvgIpc) is 2.57. The summed E-state index contributed by atoms with van der Waals surface area (Å²) in [6.07, 6.45) is 1.76. The van der Waals surface area contributed by atoms with Gasteiger partial charge in [0.15, 0.2) is 0 Å². The SMILES string of the molecule is Cc1ccc(-c2cn[nH]c2C)cc1O. The first-order chi connectivity index (χ1) is 6.68. The number of phenolic OH excluding ortho intramolecular Hbond substituents is 1. The number of aromatic hydroxyl groups is 1. The van der Waals surface area contributed by atoms with Gasteiger partial charge in [-0.25, -0.2) is 0 Å². The van der Waals surface area contributed by atoms with Crippen molar-refractivity contribution in [2.45, 2.75) is 13.8 Å². The van der Waals surface area contributed by atoms with Crippen molar-refractivity contribution in [2.24, 2.45) is 0 Å². The molecule has 1 heterocycles. The summed E-state index contributed by atoms with van der Waals surface area (Å²) in [4.78, 5) is 0. The minimum absolute atomic E-state index is 0.322. The zero-order chi connectivity index (χ0) is 10.1. The summed E-state index contributed by atoms with van der Waals surface area (Å²) in [6, 6.07) is 5.64. The van der Waals surface area contributed by atoms with Crippen LogP contribution >= 0.6 is 0 Å². The van der Waals surface area contributed by atoms with E-state index >= 15 is 0 Å². The van der Waals surface area contributed by atoms with Crippen LogP contribution in [0, 0.1) is 13.8 Å². The van der Waals surface area contributed by atoms with Gasteiger partial charge >= 0.3 is 0 Å². The molecule has 0 amide bonds. The number of aromatic amines is 1. The summed E-state index contributed by atoms with van der Waals surface area (Å²) in [5.74, 6) is 0.322. The molecule has 0 saturated heterocycles. The molecule has 0 saturated carbocycles. The Hall–Kier alpha value is -1.77. The van der Waals surface area contributed by atoms with Crippen LogP contribution in [-0.4, -0.2) is 15.3 Å². The fraction of sp³-hybridized carbons (Fsp3) is 0.182. The lowest BCUT2D eigenvalue weighted by atomic mass is 10.0. The second-order valence-corrected chi connectivity index (χ2v) is 3.41. The van der Waals surface area contributed by atoms with Crippen LogP contribution in [0.15, 0.2) is 24.4 Å². The molecule has 0 radical (unpaired) electrons. The van der Waals surface area contributed by atoms with E-state index in [1.165, 1.54) is 0 Å². The quantitative estimate of drug-likeness (QED) is 0.722. The van der Waals surface area contributed by atoms with Gasteiger partial charge in [0.2, 0.25) is 0 Å². The Balaban J connectivity index is 2.53. The van der Waals surface area contributed by atoms with Crippen LogP contribution in [0.1, 0.15) is 11.3 Å². The molecule has 2 aromatic rings. The topological polar surface area (TPSA) is 48.9 Å². The van der Waals surface area contributed by atoms with Crippen molar-refractivity contribution in [3.63, 3.8) is 0 Å². The molecule has 3 heteroatoms. The smallest absolute Gasteiger partial charge is 0.119 e. The number of phenols is 1. The van der Waals surface area contributed by atoms with Gasteiger partial charge in [-0.15, -0.1) is 0 Å². The third-order valence-corrected chi connectivity index (χ3v) is 2.35. The van der Waals surface area contributed by atoms with Gasteiger partial charge in [0.05, 0.1) is 6.20 Å². The van der Waals surface area contributed by atoms with Crippen molar-refractivity contribution >= 4 is 0 Å². The van der Waals surface area contributed by atoms with E-state index in [4.69, 9.17) is 0 Å². The number of nitrogens with one attached hydrogen (secondary N) is 1. The van der Waals surface area contributed by atoms with E-state index in [0.717, 1.165) is 22.4 Å². The lowest BCUT2D eigenvalue weighted by Crippen LogP contribution is -1.80. The van der Waals surface area contributed by atoms with Gasteiger partial charge in [-0.2, -0.15) is 5.10 Å². The number of aryl methyl sites for hydroxylation is 2. The van der Waals surface area contributed by atoms with E-state index in [1.807, 2.05) is 26.0 Å². The molecular weight excluding hydrogens is 176 g/mol. The first kappa shape index (κ1) is 8.81. The maximum Gasteiger partial charge on any atom is 0.119 e. The van der Waals surface area contributed by atoms with Gasteiger partial charge < -0.3 is 5.11 Å². The van der Waals surface area contributed by atoms with Gasteiger partial charge in [0, 0.05) is 11.3 Å². The highest BCUT2D eigenvalue weighted by Crippen LogP contribution is 2.26. The first-order valence-corrected chi connectivity index (χ1v) is 4.48. The summed E-state index contributed by atoms with van der Waals surface area (Å²) in [6.45, 7) is 3.83. The maximum atomic E-state index is 9.56. The van der Waals surface area contributed by atoms with Gasteiger partial charge in [0.1, 0.15) is 5.75 Å². The highest BCUT2D eigenvalue weighted by molar-refractivity contribution is 5.67. The molecule has 0 atom stereocenters. The standard InChI is InChI=1S/C11H12N2O/c1-7-3-4-9(5-11(7)14)10-6-12-13-8(10)2/h3-6,14H,1-2H3,(H,12,13). The number of nitrogens with zero attached hydrogens (tertiary/aromatic N) is 1. The summed E-state index contributed by atoms with van der Waals surface area (Å²) in [7, 11) is 0. The zero-order valence-corrected chi connectivity index (χ0v) is 8.20. The Labute approximate surface area is 82.4 Å². The van der Waals surface area contributed by atoms with Crippen LogP contribution in [0.4, 0.5) is 0 Å². The molecular formula is C11H12N2O. The van der Waals surface area contributed by atoms with Crippen LogP contribution < -0.4 is 0 Å². The number of rotatable bonds is 1. The van der Waals surface area contributed by atoms with Crippen molar-refractivity contribution in [3.8, 4) is 16.9 Å². The fourth-order valence-corrected chi connectivity index (χ4v) is 1.42. The Kier molecular flexibility index (Phi) is 2.00. The summed E-state index contributed by atoms with van der Waals surface area (Å²) < 4.78 is 0. The molecule has 1 aromatic heterocycles. The van der Waals surface area contributed by atoms with Crippen LogP contribution in [-0.2, 0) is 0 Å². The highest BCUT2D eigenvalue weighted by atomic mass is 16.3. The second kappa shape index (κ2) is 3.18. The molecule has 0 aliphatic rings. The third kappa shape index (κ3) is 1.37. The Morgan fingerprint density at radius 3 is 2.64 bits per heavy atom. The Morgan fingerprint density at radius 1 is 1.29 bits per heavy atom. The molecule has 0 unspecified atom stereocenters.